The zero-order valence-electron chi connectivity index (χ0n) is 69.6. The molecule has 8 amide bonds. The average molecular weight is 1880 g/mol. The number of rotatable bonds is 18. The fourth-order valence-corrected chi connectivity index (χ4v) is 16.5. The maximum absolute atomic E-state index is 17.0. The molecule has 25 N–H and O–H groups in total. The quantitative estimate of drug-likeness (QED) is 0.0526. The molecule has 7 aromatic rings. The topological polar surface area (TPSA) is 662 Å². The summed E-state index contributed by atoms with van der Waals surface area (Å²) in [7, 11) is 0. The minimum Gasteiger partial charge on any atom is -0.508 e. The minimum absolute atomic E-state index is 0.0234. The highest BCUT2D eigenvalue weighted by Gasteiger charge is 2.52. The lowest BCUT2D eigenvalue weighted by molar-refractivity contribution is -0.284. The Balaban J connectivity index is 1.04. The molecule has 7 aromatic carbocycles. The van der Waals surface area contributed by atoms with Crippen molar-refractivity contribution in [3.05, 3.63) is 189 Å². The summed E-state index contributed by atoms with van der Waals surface area (Å²) in [4.78, 5) is 138. The van der Waals surface area contributed by atoms with E-state index in [0.717, 1.165) is 98.3 Å². The van der Waals surface area contributed by atoms with Crippen molar-refractivity contribution in [2.75, 3.05) is 19.8 Å². The lowest BCUT2D eigenvalue weighted by Gasteiger charge is -2.44. The minimum atomic E-state index is -2.60. The zero-order chi connectivity index (χ0) is 94.7. The molecule has 9 aliphatic heterocycles. The third-order valence-electron chi connectivity index (χ3n) is 22.8. The fraction of sp³-hybridized carbons (Fsp3) is 0.375. The number of phenols is 4. The van der Waals surface area contributed by atoms with Crippen molar-refractivity contribution < 1.29 is 162 Å². The van der Waals surface area contributed by atoms with E-state index in [9.17, 15) is 95.8 Å². The van der Waals surface area contributed by atoms with E-state index >= 15 is 24.0 Å². The normalized spacial score (nSPS) is 29.0. The number of carbonyl (C=O) groups excluding carboxylic acids is 8. The Morgan fingerprint density at radius 1 is 0.508 bits per heavy atom. The summed E-state index contributed by atoms with van der Waals surface area (Å²) in [6.45, 7) is -0.245. The van der Waals surface area contributed by atoms with Crippen molar-refractivity contribution in [3.63, 3.8) is 0 Å². The first-order valence-electron chi connectivity index (χ1n) is 41.4. The molecule has 23 atom stereocenters. The first-order chi connectivity index (χ1) is 63.0. The first-order valence-corrected chi connectivity index (χ1v) is 42.2. The zero-order valence-corrected chi connectivity index (χ0v) is 71.1. The summed E-state index contributed by atoms with van der Waals surface area (Å²) in [6, 6.07) is 0.478. The number of aliphatic carboxylic acids is 1. The molecule has 0 radical (unpaired) electrons. The van der Waals surface area contributed by atoms with Gasteiger partial charge in [0.05, 0.1) is 29.9 Å². The number of nitrogens with two attached hydrogens (primary N) is 1. The van der Waals surface area contributed by atoms with Crippen molar-refractivity contribution >= 4 is 76.4 Å². The molecule has 702 valence electrons. The number of carboxylic acids is 1. The first kappa shape index (κ1) is 95.5. The number of hydrogen-bond donors (Lipinski definition) is 24. The largest absolute Gasteiger partial charge is 0.508 e. The van der Waals surface area contributed by atoms with Crippen LogP contribution in [-0.2, 0) is 68.5 Å². The molecule has 0 saturated carbocycles. The van der Waals surface area contributed by atoms with Crippen LogP contribution in [0.3, 0.4) is 0 Å². The number of allylic oxidation sites excluding steroid dienone is 4. The molecule has 3 saturated heterocycles. The molecule has 0 spiro atoms. The van der Waals surface area contributed by atoms with Crippen LogP contribution in [0.5, 0.6) is 69.0 Å². The third kappa shape index (κ3) is 20.5. The SMILES string of the molecule is CC/C=C/C/C=C/CCC(=O)NC1C(Oc2c3cc4cc2Oc2ccc(cc2Cl)C(OC2OC(CO)C(O)C(O)C2NC(C)=O)C2NC(=O)C(NC(=O)C4NC(=O)C4NC(=O)C(Cc5ccc(c(Cl)c5)O3)NC(=O)C(N)c3ccc(O)c(c3)Oc3cc(O)cc4c3)c3ccc(O)c(c3)-c3c(OC4OC(CO)C(O)C(O)C4O)cc(O)cc3C(C(=O)O)NC2=O)OC(CO)C(O)C1O. The summed E-state index contributed by atoms with van der Waals surface area (Å²) in [5.41, 5.74) is 2.74. The standard InChI is InChI=1S/C88H93Cl2N9O33/c1-3-4-5-6-7-8-9-10-60(108)94-68-74(113)71(110)58(32-101)129-87(68)132-78-55-26-40-27-56(78)126-52-18-14-38(24-47(52)90)77(131-86-67(92-34(2)103)73(112)70(109)57(31-100)128-86)69-84(121)98-66(85(122)123)45-29-42(105)30-54(127-88-76(115)75(114)72(111)59(33-102)130-88)61(45)44-23-37(13-15-49(44)106)63(81(118)99-69)96-83(120)65(40)97-82(119)64-39-21-41(104)28-43(22-39)124-53-25-36(12-16-50(53)107)62(91)80(117)93-48(79(116)95-64)20-35-11-17-51(125-55)46(89)19-35/h4-5,7-8,11-19,21-30,48,57-59,62-77,86-88,100-102,104-107,109-115H,3,6,9-10,20,31-33,91H2,1-2H3,(H,92,103)(H,93,117)(H,94,108)(H,95,116)(H,96,120)(H,97,119)(H,98,121)(H,99,118)(H,122,123)/b5-4+,8-7+. The smallest absolute Gasteiger partial charge is 0.330 e. The van der Waals surface area contributed by atoms with Crippen LogP contribution in [-0.4, -0.2) is 254 Å². The molecule has 44 heteroatoms. The number of ether oxygens (including phenoxy) is 9. The number of phenolic OH excluding ortho intramolecular Hbond substituents is 4. The van der Waals surface area contributed by atoms with E-state index in [1.807, 2.05) is 19.1 Å². The second-order valence-corrected chi connectivity index (χ2v) is 32.8. The summed E-state index contributed by atoms with van der Waals surface area (Å²) in [5, 5.41) is 190. The predicted octanol–water partition coefficient (Wildman–Crippen LogP) is 0.716. The van der Waals surface area contributed by atoms with Gasteiger partial charge in [-0.15, -0.1) is 0 Å². The van der Waals surface area contributed by atoms with Gasteiger partial charge in [-0.25, -0.2) is 4.79 Å². The number of benzene rings is 7. The van der Waals surface area contributed by atoms with Crippen LogP contribution in [0.4, 0.5) is 0 Å². The number of amides is 8. The van der Waals surface area contributed by atoms with Gasteiger partial charge < -0.3 is 167 Å². The average Bonchev–Trinajstić information content (AvgIpc) is 0.757. The van der Waals surface area contributed by atoms with E-state index < -0.39 is 316 Å². The number of carbonyl (C=O) groups is 9. The third-order valence-corrected chi connectivity index (χ3v) is 23.4. The van der Waals surface area contributed by atoms with Gasteiger partial charge in [0.25, 0.3) is 0 Å². The number of nitrogens with one attached hydrogen (secondary N) is 8. The van der Waals surface area contributed by atoms with E-state index in [1.54, 1.807) is 12.2 Å². The highest BCUT2D eigenvalue weighted by molar-refractivity contribution is 6.32. The molecule has 9 heterocycles. The van der Waals surface area contributed by atoms with Gasteiger partial charge in [0.2, 0.25) is 65.6 Å². The molecular weight excluding hydrogens is 1780 g/mol. The number of hydrogen-bond acceptors (Lipinski definition) is 33. The number of aliphatic hydroxyl groups is 10. The predicted molar refractivity (Wildman–Crippen MR) is 453 cm³/mol. The van der Waals surface area contributed by atoms with Crippen LogP contribution >= 0.6 is 23.2 Å². The van der Waals surface area contributed by atoms with Gasteiger partial charge in [0.1, 0.15) is 156 Å². The molecular formula is C88H93Cl2N9O33. The summed E-state index contributed by atoms with van der Waals surface area (Å²) in [6.07, 6.45) is -20.8. The van der Waals surface area contributed by atoms with Crippen LogP contribution < -0.4 is 72.0 Å². The van der Waals surface area contributed by atoms with Crippen LogP contribution in [0.25, 0.3) is 11.1 Å². The van der Waals surface area contributed by atoms with Gasteiger partial charge in [-0.2, -0.15) is 0 Å². The highest BCUT2D eigenvalue weighted by atomic mass is 35.5. The Morgan fingerprint density at radius 2 is 1.07 bits per heavy atom. The van der Waals surface area contributed by atoms with Crippen LogP contribution in [0.15, 0.2) is 140 Å². The van der Waals surface area contributed by atoms with E-state index in [0.29, 0.717) is 6.42 Å². The van der Waals surface area contributed by atoms with Crippen molar-refractivity contribution in [2.45, 2.75) is 186 Å². The number of carboxylic acid groups (broad SMARTS) is 1. The molecule has 9 aliphatic rings. The van der Waals surface area contributed by atoms with Crippen molar-refractivity contribution in [1.29, 1.82) is 0 Å². The number of fused-ring (bicyclic) bond motifs is 14. The number of halogens is 2. The van der Waals surface area contributed by atoms with Crippen molar-refractivity contribution in [2.24, 2.45) is 5.73 Å². The Bertz CT molecular complexity index is 5650. The van der Waals surface area contributed by atoms with Gasteiger partial charge in [-0.05, 0) is 132 Å². The molecule has 132 heavy (non-hydrogen) atoms. The van der Waals surface area contributed by atoms with E-state index in [2.05, 4.69) is 42.5 Å². The Labute approximate surface area is 758 Å². The molecule has 16 rings (SSSR count). The Kier molecular flexibility index (Phi) is 29.4. The molecule has 23 unspecified atom stereocenters. The fourth-order valence-electron chi connectivity index (χ4n) is 16.1. The lowest BCUT2D eigenvalue weighted by Crippen LogP contribution is -2.65. The van der Waals surface area contributed by atoms with Crippen LogP contribution in [0.1, 0.15) is 115 Å². The van der Waals surface area contributed by atoms with Gasteiger partial charge in [-0.3, -0.25) is 38.4 Å². The molecule has 3 fully saturated rings. The maximum atomic E-state index is 17.0. The number of aliphatic hydroxyl groups excluding tert-OH is 10. The van der Waals surface area contributed by atoms with Crippen LogP contribution in [0.2, 0.25) is 10.0 Å². The second-order valence-electron chi connectivity index (χ2n) is 32.0. The van der Waals surface area contributed by atoms with Gasteiger partial charge in [0.15, 0.2) is 35.3 Å². The molecule has 17 bridgehead atoms. The molecule has 0 aliphatic carbocycles. The summed E-state index contributed by atoms with van der Waals surface area (Å²) < 4.78 is 57.4. The summed E-state index contributed by atoms with van der Waals surface area (Å²) in [5.74, 6) is -19.8. The molecule has 42 nitrogen and oxygen atoms in total. The Morgan fingerprint density at radius 3 is 1.70 bits per heavy atom. The summed E-state index contributed by atoms with van der Waals surface area (Å²) >= 11 is 14.7. The molecule has 0 aromatic heterocycles. The van der Waals surface area contributed by atoms with Crippen molar-refractivity contribution in [1.82, 2.24) is 42.5 Å². The van der Waals surface area contributed by atoms with E-state index in [4.69, 9.17) is 71.6 Å². The monoisotopic (exact) mass is 1870 g/mol. The van der Waals surface area contributed by atoms with E-state index in [-0.39, 0.29) is 46.2 Å². The van der Waals surface area contributed by atoms with E-state index in [1.165, 1.54) is 30.3 Å². The van der Waals surface area contributed by atoms with Gasteiger partial charge in [-0.1, -0.05) is 78.7 Å². The van der Waals surface area contributed by atoms with Crippen molar-refractivity contribution in [3.8, 4) is 80.1 Å². The lowest BCUT2D eigenvalue weighted by atomic mass is 9.89. The second kappa shape index (κ2) is 40.7. The van der Waals surface area contributed by atoms with Crippen LogP contribution in [0, 0.1) is 0 Å². The van der Waals surface area contributed by atoms with Gasteiger partial charge in [0, 0.05) is 48.6 Å². The highest BCUT2D eigenvalue weighted by Crippen LogP contribution is 2.51. The van der Waals surface area contributed by atoms with Gasteiger partial charge >= 0.3 is 5.97 Å². The number of aromatic hydroxyl groups is 4. The maximum Gasteiger partial charge on any atom is 0.330 e. The Hall–Kier alpha value is -12.6.